The molecule has 0 saturated carbocycles. The van der Waals surface area contributed by atoms with Crippen LogP contribution < -0.4 is 0 Å². The fourth-order valence-corrected chi connectivity index (χ4v) is 1.41. The lowest BCUT2D eigenvalue weighted by Crippen LogP contribution is -2.33. The van der Waals surface area contributed by atoms with E-state index in [0.29, 0.717) is 13.1 Å². The first-order chi connectivity index (χ1) is 8.81. The molecule has 0 bridgehead atoms. The van der Waals surface area contributed by atoms with Crippen molar-refractivity contribution in [2.75, 3.05) is 32.8 Å². The van der Waals surface area contributed by atoms with E-state index in [1.807, 2.05) is 27.7 Å². The molecule has 0 radical (unpaired) electrons. The molecule has 0 aromatic rings. The van der Waals surface area contributed by atoms with Crippen LogP contribution in [0.5, 0.6) is 0 Å². The minimum atomic E-state index is -0.622. The molecule has 0 amide bonds. The number of rotatable bonds is 8. The van der Waals surface area contributed by atoms with Gasteiger partial charge in [-0.2, -0.15) is 0 Å². The van der Waals surface area contributed by atoms with Gasteiger partial charge in [0.1, 0.15) is 12.7 Å². The first-order valence-electron chi connectivity index (χ1n) is 6.97. The number of carbonyl (C=O) groups is 1. The number of ether oxygens (including phenoxy) is 2. The van der Waals surface area contributed by atoms with Crippen molar-refractivity contribution in [2.24, 2.45) is 5.41 Å². The van der Waals surface area contributed by atoms with Gasteiger partial charge in [-0.05, 0) is 25.3 Å². The van der Waals surface area contributed by atoms with Gasteiger partial charge >= 0.3 is 6.16 Å². The molecule has 114 valence electrons. The molecule has 5 heteroatoms. The van der Waals surface area contributed by atoms with Gasteiger partial charge in [0.05, 0.1) is 6.61 Å². The zero-order valence-electron chi connectivity index (χ0n) is 12.9. The minimum absolute atomic E-state index is 0.0931. The van der Waals surface area contributed by atoms with Gasteiger partial charge in [-0.3, -0.25) is 4.90 Å². The Morgan fingerprint density at radius 2 is 1.89 bits per heavy atom. The molecule has 0 saturated heterocycles. The molecular formula is C14H29NO4. The number of carbonyl (C=O) groups excluding carboxylic acids is 1. The van der Waals surface area contributed by atoms with Gasteiger partial charge in [-0.15, -0.1) is 0 Å². The highest BCUT2D eigenvalue weighted by Gasteiger charge is 2.24. The second-order valence-electron chi connectivity index (χ2n) is 5.79. The molecule has 19 heavy (non-hydrogen) atoms. The van der Waals surface area contributed by atoms with Crippen molar-refractivity contribution in [3.8, 4) is 0 Å². The average molecular weight is 275 g/mol. The van der Waals surface area contributed by atoms with Crippen LogP contribution in [0.2, 0.25) is 0 Å². The summed E-state index contributed by atoms with van der Waals surface area (Å²) in [6.45, 7) is 12.5. The van der Waals surface area contributed by atoms with Crippen molar-refractivity contribution < 1.29 is 19.4 Å². The molecule has 0 spiro atoms. The Bertz CT molecular complexity index is 244. The van der Waals surface area contributed by atoms with E-state index in [4.69, 9.17) is 14.6 Å². The number of hydrogen-bond donors (Lipinski definition) is 1. The summed E-state index contributed by atoms with van der Waals surface area (Å²) in [5.74, 6) is 0. The van der Waals surface area contributed by atoms with Crippen LogP contribution in [0.1, 0.15) is 41.0 Å². The van der Waals surface area contributed by atoms with E-state index in [1.54, 1.807) is 0 Å². The first kappa shape index (κ1) is 18.2. The van der Waals surface area contributed by atoms with Crippen LogP contribution in [-0.2, 0) is 9.47 Å². The number of aliphatic hydroxyl groups is 1. The molecule has 1 atom stereocenters. The van der Waals surface area contributed by atoms with E-state index in [2.05, 4.69) is 11.8 Å². The second-order valence-corrected chi connectivity index (χ2v) is 5.79. The largest absolute Gasteiger partial charge is 0.508 e. The molecule has 0 aromatic carbocycles. The Kier molecular flexibility index (Phi) is 8.76. The summed E-state index contributed by atoms with van der Waals surface area (Å²) in [5, 5.41) is 8.91. The predicted octanol–water partition coefficient (Wildman–Crippen LogP) is 2.28. The van der Waals surface area contributed by atoms with Crippen LogP contribution in [0, 0.1) is 5.41 Å². The lowest BCUT2D eigenvalue weighted by Gasteiger charge is -2.26. The molecule has 1 N–H and O–H groups in total. The van der Waals surface area contributed by atoms with E-state index >= 15 is 0 Å². The summed E-state index contributed by atoms with van der Waals surface area (Å²) in [7, 11) is 0. The SMILES string of the molecule is CCCN(CCO)CCOC(=O)O[C@H](C)C(C)(C)C. The fourth-order valence-electron chi connectivity index (χ4n) is 1.41. The fraction of sp³-hybridized carbons (Fsp3) is 0.929. The quantitative estimate of drug-likeness (QED) is 0.689. The third-order valence-corrected chi connectivity index (χ3v) is 3.08. The minimum Gasteiger partial charge on any atom is -0.433 e. The Hall–Kier alpha value is -0.810. The number of hydrogen-bond acceptors (Lipinski definition) is 5. The van der Waals surface area contributed by atoms with E-state index in [9.17, 15) is 4.79 Å². The molecule has 0 aliphatic rings. The molecule has 0 unspecified atom stereocenters. The van der Waals surface area contributed by atoms with Crippen molar-refractivity contribution >= 4 is 6.16 Å². The summed E-state index contributed by atoms with van der Waals surface area (Å²) >= 11 is 0. The average Bonchev–Trinajstić information content (AvgIpc) is 2.28. The van der Waals surface area contributed by atoms with Gasteiger partial charge in [-0.1, -0.05) is 27.7 Å². The van der Waals surface area contributed by atoms with Gasteiger partial charge in [0, 0.05) is 13.1 Å². The van der Waals surface area contributed by atoms with Crippen molar-refractivity contribution in [1.82, 2.24) is 4.90 Å². The van der Waals surface area contributed by atoms with Crippen LogP contribution in [0.15, 0.2) is 0 Å². The normalized spacial score (nSPS) is 13.4. The third-order valence-electron chi connectivity index (χ3n) is 3.08. The van der Waals surface area contributed by atoms with Gasteiger partial charge in [0.15, 0.2) is 0 Å². The number of nitrogens with zero attached hydrogens (tertiary/aromatic N) is 1. The zero-order valence-corrected chi connectivity index (χ0v) is 12.9. The van der Waals surface area contributed by atoms with E-state index < -0.39 is 6.16 Å². The van der Waals surface area contributed by atoms with Gasteiger partial charge < -0.3 is 14.6 Å². The summed E-state index contributed by atoms with van der Waals surface area (Å²) < 4.78 is 10.2. The molecule has 0 rings (SSSR count). The molecular weight excluding hydrogens is 246 g/mol. The van der Waals surface area contributed by atoms with Crippen LogP contribution in [0.3, 0.4) is 0 Å². The van der Waals surface area contributed by atoms with Gasteiger partial charge in [0.2, 0.25) is 0 Å². The van der Waals surface area contributed by atoms with E-state index in [1.165, 1.54) is 0 Å². The van der Waals surface area contributed by atoms with Crippen molar-refractivity contribution in [3.63, 3.8) is 0 Å². The highest BCUT2D eigenvalue weighted by atomic mass is 16.7. The number of aliphatic hydroxyl groups excluding tert-OH is 1. The summed E-state index contributed by atoms with van der Waals surface area (Å²) in [4.78, 5) is 13.5. The third kappa shape index (κ3) is 8.83. The van der Waals surface area contributed by atoms with Gasteiger partial charge in [0.25, 0.3) is 0 Å². The summed E-state index contributed by atoms with van der Waals surface area (Å²) in [6, 6.07) is 0. The maximum Gasteiger partial charge on any atom is 0.508 e. The highest BCUT2D eigenvalue weighted by molar-refractivity contribution is 5.60. The molecule has 5 nitrogen and oxygen atoms in total. The lowest BCUT2D eigenvalue weighted by atomic mass is 9.90. The smallest absolute Gasteiger partial charge is 0.433 e. The van der Waals surface area contributed by atoms with Crippen LogP contribution in [-0.4, -0.2) is 55.1 Å². The second kappa shape index (κ2) is 9.15. The maximum absolute atomic E-state index is 11.5. The predicted molar refractivity (Wildman–Crippen MR) is 75.2 cm³/mol. The molecule has 0 fully saturated rings. The molecule has 0 heterocycles. The lowest BCUT2D eigenvalue weighted by molar-refractivity contribution is -0.0116. The molecule has 0 aromatic heterocycles. The van der Waals surface area contributed by atoms with Crippen LogP contribution >= 0.6 is 0 Å². The van der Waals surface area contributed by atoms with E-state index in [-0.39, 0.29) is 24.7 Å². The van der Waals surface area contributed by atoms with E-state index in [0.717, 1.165) is 13.0 Å². The van der Waals surface area contributed by atoms with Crippen LogP contribution in [0.25, 0.3) is 0 Å². The summed E-state index contributed by atoms with van der Waals surface area (Å²) in [5.41, 5.74) is -0.0931. The Morgan fingerprint density at radius 1 is 1.26 bits per heavy atom. The maximum atomic E-state index is 11.5. The zero-order chi connectivity index (χ0) is 14.9. The monoisotopic (exact) mass is 275 g/mol. The van der Waals surface area contributed by atoms with Crippen molar-refractivity contribution in [2.45, 2.75) is 47.1 Å². The van der Waals surface area contributed by atoms with Crippen LogP contribution in [0.4, 0.5) is 4.79 Å². The standard InChI is InChI=1S/C14H29NO4/c1-6-7-15(8-10-16)9-11-18-13(17)19-12(2)14(3,4)5/h12,16H,6-11H2,1-5H3/t12-/m1/s1. The Balaban J connectivity index is 3.89. The molecule has 0 aliphatic carbocycles. The highest BCUT2D eigenvalue weighted by Crippen LogP contribution is 2.21. The van der Waals surface area contributed by atoms with Crippen molar-refractivity contribution in [1.29, 1.82) is 0 Å². The Morgan fingerprint density at radius 3 is 2.37 bits per heavy atom. The topological polar surface area (TPSA) is 59.0 Å². The summed E-state index contributed by atoms with van der Waals surface area (Å²) in [6.07, 6.45) is 0.193. The van der Waals surface area contributed by atoms with Gasteiger partial charge in [-0.25, -0.2) is 4.79 Å². The molecule has 0 aliphatic heterocycles. The Labute approximate surface area is 116 Å². The first-order valence-corrected chi connectivity index (χ1v) is 6.97. The van der Waals surface area contributed by atoms with Crippen molar-refractivity contribution in [3.05, 3.63) is 0 Å².